The maximum atomic E-state index is 5.38. The number of pyridine rings is 2. The third-order valence-corrected chi connectivity index (χ3v) is 8.00. The molecule has 1 atom stereocenters. The monoisotopic (exact) mass is 517 g/mol. The highest BCUT2D eigenvalue weighted by atomic mass is 16.5. The van der Waals surface area contributed by atoms with Gasteiger partial charge in [-0.3, -0.25) is 14.3 Å². The fourth-order valence-electron chi connectivity index (χ4n) is 5.98. The number of hydrogen-bond donors (Lipinski definition) is 0. The van der Waals surface area contributed by atoms with Crippen molar-refractivity contribution in [3.05, 3.63) is 84.1 Å². The number of aromatic nitrogens is 5. The Hall–Kier alpha value is -4.30. The van der Waals surface area contributed by atoms with Gasteiger partial charge in [-0.05, 0) is 69.2 Å². The third kappa shape index (κ3) is 4.21. The zero-order chi connectivity index (χ0) is 26.5. The van der Waals surface area contributed by atoms with E-state index in [1.54, 1.807) is 0 Å². The normalized spacial score (nSPS) is 16.6. The molecule has 1 aliphatic rings. The maximum absolute atomic E-state index is 5.38. The molecule has 7 rings (SSSR count). The molecule has 0 unspecified atom stereocenters. The predicted molar refractivity (Wildman–Crippen MR) is 154 cm³/mol. The van der Waals surface area contributed by atoms with E-state index in [4.69, 9.17) is 9.51 Å². The minimum Gasteiger partial charge on any atom is -0.368 e. The van der Waals surface area contributed by atoms with Crippen molar-refractivity contribution in [1.82, 2.24) is 29.4 Å². The molecule has 6 aromatic rings. The first-order valence-corrected chi connectivity index (χ1v) is 13.6. The number of nitrogens with zero attached hydrogens (tertiary/aromatic N) is 7. The molecule has 1 aliphatic heterocycles. The van der Waals surface area contributed by atoms with Crippen LogP contribution >= 0.6 is 0 Å². The van der Waals surface area contributed by atoms with Crippen molar-refractivity contribution in [2.75, 3.05) is 31.1 Å². The van der Waals surface area contributed by atoms with Gasteiger partial charge in [0.05, 0.1) is 16.6 Å². The van der Waals surface area contributed by atoms with Crippen molar-refractivity contribution in [2.45, 2.75) is 33.2 Å². The molecule has 4 aromatic heterocycles. The standard InChI is InChI=1S/C31H31N7O/c1-20-10-11-25-26(33-20)7-5-8-27(25)37-17-16-36(21(2)18-37)15-14-23-6-4-9-28-24(23)12-13-29-30(32-19-38(28)29)31-34-22(3)35-39-31/h4-13,19,21H,14-18H2,1-3H3/t21-/m1/s1. The van der Waals surface area contributed by atoms with Crippen LogP contribution in [-0.2, 0) is 6.42 Å². The highest BCUT2D eigenvalue weighted by Gasteiger charge is 2.25. The van der Waals surface area contributed by atoms with Gasteiger partial charge in [-0.2, -0.15) is 4.98 Å². The van der Waals surface area contributed by atoms with Crippen LogP contribution in [0.3, 0.4) is 0 Å². The number of benzene rings is 2. The van der Waals surface area contributed by atoms with Gasteiger partial charge in [0.2, 0.25) is 0 Å². The van der Waals surface area contributed by atoms with Gasteiger partial charge in [-0.15, -0.1) is 0 Å². The maximum Gasteiger partial charge on any atom is 0.278 e. The average Bonchev–Trinajstić information content (AvgIpc) is 3.58. The summed E-state index contributed by atoms with van der Waals surface area (Å²) in [5.74, 6) is 1.06. The summed E-state index contributed by atoms with van der Waals surface area (Å²) in [6, 6.07) is 22.1. The van der Waals surface area contributed by atoms with Crippen LogP contribution in [0.2, 0.25) is 0 Å². The summed E-state index contributed by atoms with van der Waals surface area (Å²) < 4.78 is 7.50. The van der Waals surface area contributed by atoms with Gasteiger partial charge in [0.25, 0.3) is 5.89 Å². The molecule has 8 heteroatoms. The van der Waals surface area contributed by atoms with Crippen LogP contribution in [0.4, 0.5) is 5.69 Å². The lowest BCUT2D eigenvalue weighted by Gasteiger charge is -2.41. The molecule has 1 fully saturated rings. The number of imidazole rings is 1. The first kappa shape index (κ1) is 23.8. The number of hydrogen-bond acceptors (Lipinski definition) is 7. The molecule has 8 nitrogen and oxygen atoms in total. The first-order chi connectivity index (χ1) is 19.0. The third-order valence-electron chi connectivity index (χ3n) is 8.00. The van der Waals surface area contributed by atoms with Gasteiger partial charge in [0, 0.05) is 54.4 Å². The summed E-state index contributed by atoms with van der Waals surface area (Å²) in [5.41, 5.74) is 7.59. The van der Waals surface area contributed by atoms with Crippen LogP contribution in [0.25, 0.3) is 38.9 Å². The van der Waals surface area contributed by atoms with Gasteiger partial charge >= 0.3 is 0 Å². The van der Waals surface area contributed by atoms with Gasteiger partial charge in [0.1, 0.15) is 6.33 Å². The lowest BCUT2D eigenvalue weighted by atomic mass is 10.0. The minimum absolute atomic E-state index is 0.452. The molecule has 0 N–H and O–H groups in total. The smallest absolute Gasteiger partial charge is 0.278 e. The Morgan fingerprint density at radius 2 is 1.77 bits per heavy atom. The topological polar surface area (TPSA) is 75.6 Å². The van der Waals surface area contributed by atoms with E-state index in [-0.39, 0.29) is 0 Å². The average molecular weight is 518 g/mol. The SMILES string of the molecule is Cc1ccc2c(N3CCN(CCc4cccc5c4ccc4c(-c6nc(C)no6)ncn45)[C@H](C)C3)cccc2n1. The molecular formula is C31H31N7O. The molecule has 0 amide bonds. The summed E-state index contributed by atoms with van der Waals surface area (Å²) in [4.78, 5) is 18.8. The zero-order valence-corrected chi connectivity index (χ0v) is 22.5. The van der Waals surface area contributed by atoms with Crippen LogP contribution in [0.1, 0.15) is 24.0 Å². The van der Waals surface area contributed by atoms with Crippen LogP contribution in [0.5, 0.6) is 0 Å². The predicted octanol–water partition coefficient (Wildman–Crippen LogP) is 5.46. The summed E-state index contributed by atoms with van der Waals surface area (Å²) in [6.07, 6.45) is 2.84. The minimum atomic E-state index is 0.452. The summed E-state index contributed by atoms with van der Waals surface area (Å²) in [7, 11) is 0. The van der Waals surface area contributed by atoms with Crippen molar-refractivity contribution >= 4 is 33.0 Å². The van der Waals surface area contributed by atoms with Crippen molar-refractivity contribution in [1.29, 1.82) is 0 Å². The van der Waals surface area contributed by atoms with Crippen LogP contribution in [0, 0.1) is 13.8 Å². The molecule has 2 aromatic carbocycles. The molecule has 196 valence electrons. The Bertz CT molecular complexity index is 1820. The van der Waals surface area contributed by atoms with E-state index in [2.05, 4.69) is 104 Å². The van der Waals surface area contributed by atoms with Crippen molar-refractivity contribution in [3.63, 3.8) is 0 Å². The molecule has 0 aliphatic carbocycles. The van der Waals surface area contributed by atoms with Crippen molar-refractivity contribution < 1.29 is 4.52 Å². The van der Waals surface area contributed by atoms with Gasteiger partial charge in [0.15, 0.2) is 11.5 Å². The van der Waals surface area contributed by atoms with E-state index in [1.165, 1.54) is 22.0 Å². The molecule has 0 radical (unpaired) electrons. The fourth-order valence-corrected chi connectivity index (χ4v) is 5.98. The Balaban J connectivity index is 1.09. The Labute approximate surface area is 226 Å². The van der Waals surface area contributed by atoms with Crippen molar-refractivity contribution in [2.24, 2.45) is 0 Å². The zero-order valence-electron chi connectivity index (χ0n) is 22.5. The lowest BCUT2D eigenvalue weighted by molar-refractivity contribution is 0.192. The number of piperazine rings is 1. The summed E-state index contributed by atoms with van der Waals surface area (Å²) in [5, 5.41) is 6.41. The van der Waals surface area contributed by atoms with E-state index in [0.717, 1.165) is 54.8 Å². The number of anilines is 1. The van der Waals surface area contributed by atoms with E-state index in [1.807, 2.05) is 13.3 Å². The molecule has 5 heterocycles. The van der Waals surface area contributed by atoms with E-state index < -0.39 is 0 Å². The molecule has 39 heavy (non-hydrogen) atoms. The largest absolute Gasteiger partial charge is 0.368 e. The number of aryl methyl sites for hydroxylation is 2. The second-order valence-corrected chi connectivity index (χ2v) is 10.6. The van der Waals surface area contributed by atoms with E-state index >= 15 is 0 Å². The summed E-state index contributed by atoms with van der Waals surface area (Å²) >= 11 is 0. The van der Waals surface area contributed by atoms with Crippen LogP contribution < -0.4 is 4.90 Å². The molecule has 0 saturated carbocycles. The quantitative estimate of drug-likeness (QED) is 0.301. The lowest BCUT2D eigenvalue weighted by Crippen LogP contribution is -2.52. The van der Waals surface area contributed by atoms with E-state index in [9.17, 15) is 0 Å². The first-order valence-electron chi connectivity index (χ1n) is 13.6. The second kappa shape index (κ2) is 9.47. The van der Waals surface area contributed by atoms with Crippen LogP contribution in [-0.4, -0.2) is 61.6 Å². The number of rotatable bonds is 5. The Morgan fingerprint density at radius 3 is 2.62 bits per heavy atom. The van der Waals surface area contributed by atoms with Crippen molar-refractivity contribution in [3.8, 4) is 11.6 Å². The fraction of sp³-hybridized carbons (Fsp3) is 0.290. The van der Waals surface area contributed by atoms with Gasteiger partial charge in [-0.1, -0.05) is 29.4 Å². The molecule has 0 bridgehead atoms. The van der Waals surface area contributed by atoms with Gasteiger partial charge < -0.3 is 9.42 Å². The molecule has 0 spiro atoms. The van der Waals surface area contributed by atoms with Gasteiger partial charge in [-0.25, -0.2) is 4.98 Å². The highest BCUT2D eigenvalue weighted by molar-refractivity contribution is 5.92. The molecule has 1 saturated heterocycles. The Morgan fingerprint density at radius 1 is 0.897 bits per heavy atom. The molecular weight excluding hydrogens is 486 g/mol. The van der Waals surface area contributed by atoms with Crippen LogP contribution in [0.15, 0.2) is 71.5 Å². The Kier molecular flexibility index (Phi) is 5.77. The number of fused-ring (bicyclic) bond motifs is 4. The summed E-state index contributed by atoms with van der Waals surface area (Å²) in [6.45, 7) is 10.3. The highest BCUT2D eigenvalue weighted by Crippen LogP contribution is 2.30. The second-order valence-electron chi connectivity index (χ2n) is 10.6. The van der Waals surface area contributed by atoms with E-state index in [0.29, 0.717) is 23.5 Å².